The van der Waals surface area contributed by atoms with Crippen LogP contribution in [0.25, 0.3) is 0 Å². The van der Waals surface area contributed by atoms with Gasteiger partial charge >= 0.3 is 0 Å². The molecule has 1 aliphatic rings. The van der Waals surface area contributed by atoms with Crippen LogP contribution in [0.2, 0.25) is 0 Å². The van der Waals surface area contributed by atoms with Crippen molar-refractivity contribution in [3.63, 3.8) is 0 Å². The van der Waals surface area contributed by atoms with Gasteiger partial charge in [-0.1, -0.05) is 6.42 Å². The SMILES string of the molecule is CSCCC(O)C1(C#N)CCC1. The fourth-order valence-corrected chi connectivity index (χ4v) is 2.04. The van der Waals surface area contributed by atoms with Crippen LogP contribution < -0.4 is 0 Å². The third-order valence-corrected chi connectivity index (χ3v) is 3.35. The smallest absolute Gasteiger partial charge is 0.0832 e. The van der Waals surface area contributed by atoms with E-state index in [0.717, 1.165) is 31.4 Å². The lowest BCUT2D eigenvalue weighted by Gasteiger charge is -2.39. The number of hydrogen-bond acceptors (Lipinski definition) is 3. The van der Waals surface area contributed by atoms with Gasteiger partial charge in [-0.05, 0) is 31.3 Å². The number of thioether (sulfide) groups is 1. The molecule has 0 amide bonds. The molecule has 1 atom stereocenters. The Balaban J connectivity index is 2.39. The first kappa shape index (κ1) is 9.88. The normalized spacial score (nSPS) is 22.4. The van der Waals surface area contributed by atoms with E-state index in [-0.39, 0.29) is 5.41 Å². The van der Waals surface area contributed by atoms with Crippen LogP contribution in [-0.4, -0.2) is 23.2 Å². The third-order valence-electron chi connectivity index (χ3n) is 2.70. The van der Waals surface area contributed by atoms with Crippen LogP contribution in [0.3, 0.4) is 0 Å². The summed E-state index contributed by atoms with van der Waals surface area (Å²) in [6.07, 6.45) is 5.26. The predicted molar refractivity (Wildman–Crippen MR) is 50.9 cm³/mol. The molecular weight excluding hydrogens is 170 g/mol. The largest absolute Gasteiger partial charge is 0.391 e. The Morgan fingerprint density at radius 3 is 2.67 bits per heavy atom. The van der Waals surface area contributed by atoms with E-state index in [1.165, 1.54) is 0 Å². The Labute approximate surface area is 78.0 Å². The van der Waals surface area contributed by atoms with Crippen molar-refractivity contribution in [2.24, 2.45) is 5.41 Å². The summed E-state index contributed by atoms with van der Waals surface area (Å²) in [5, 5.41) is 18.6. The Hall–Kier alpha value is -0.200. The van der Waals surface area contributed by atoms with E-state index in [4.69, 9.17) is 5.26 Å². The number of hydrogen-bond donors (Lipinski definition) is 1. The van der Waals surface area contributed by atoms with Crippen LogP contribution in [0.5, 0.6) is 0 Å². The number of aliphatic hydroxyl groups excluding tert-OH is 1. The molecule has 0 spiro atoms. The highest BCUT2D eigenvalue weighted by atomic mass is 32.2. The molecular formula is C9H15NOS. The van der Waals surface area contributed by atoms with Crippen molar-refractivity contribution in [1.82, 2.24) is 0 Å². The molecule has 3 heteroatoms. The zero-order chi connectivity index (χ0) is 9.03. The van der Waals surface area contributed by atoms with Gasteiger partial charge in [-0.15, -0.1) is 0 Å². The fraction of sp³-hybridized carbons (Fsp3) is 0.889. The summed E-state index contributed by atoms with van der Waals surface area (Å²) in [6.45, 7) is 0. The van der Waals surface area contributed by atoms with E-state index in [2.05, 4.69) is 6.07 Å². The summed E-state index contributed by atoms with van der Waals surface area (Å²) in [6, 6.07) is 2.26. The first-order valence-corrected chi connectivity index (χ1v) is 5.73. The lowest BCUT2D eigenvalue weighted by atomic mass is 9.65. The summed E-state index contributed by atoms with van der Waals surface area (Å²) in [4.78, 5) is 0. The number of rotatable bonds is 4. The summed E-state index contributed by atoms with van der Waals surface area (Å²) < 4.78 is 0. The molecule has 68 valence electrons. The number of nitrogens with zero attached hydrogens (tertiary/aromatic N) is 1. The molecule has 0 aromatic heterocycles. The lowest BCUT2D eigenvalue weighted by molar-refractivity contribution is 0.00819. The monoisotopic (exact) mass is 185 g/mol. The minimum atomic E-state index is -0.399. The number of aliphatic hydroxyl groups is 1. The summed E-state index contributed by atoms with van der Waals surface area (Å²) >= 11 is 1.72. The third kappa shape index (κ3) is 1.75. The average Bonchev–Trinajstić information content (AvgIpc) is 2.00. The zero-order valence-corrected chi connectivity index (χ0v) is 8.23. The van der Waals surface area contributed by atoms with Crippen LogP contribution in [-0.2, 0) is 0 Å². The average molecular weight is 185 g/mol. The molecule has 0 heterocycles. The molecule has 0 aromatic rings. The van der Waals surface area contributed by atoms with Crippen LogP contribution in [0.1, 0.15) is 25.7 Å². The van der Waals surface area contributed by atoms with Crippen molar-refractivity contribution in [2.75, 3.05) is 12.0 Å². The van der Waals surface area contributed by atoms with E-state index in [9.17, 15) is 5.11 Å². The molecule has 1 N–H and O–H groups in total. The van der Waals surface area contributed by atoms with E-state index >= 15 is 0 Å². The van der Waals surface area contributed by atoms with Crippen molar-refractivity contribution < 1.29 is 5.11 Å². The van der Waals surface area contributed by atoms with Crippen LogP contribution in [0.15, 0.2) is 0 Å². The van der Waals surface area contributed by atoms with Gasteiger partial charge in [0.2, 0.25) is 0 Å². The first-order chi connectivity index (χ1) is 5.75. The second-order valence-electron chi connectivity index (χ2n) is 3.42. The van der Waals surface area contributed by atoms with Crippen LogP contribution in [0, 0.1) is 16.7 Å². The first-order valence-electron chi connectivity index (χ1n) is 4.33. The molecule has 1 saturated carbocycles. The molecule has 1 aliphatic carbocycles. The Morgan fingerprint density at radius 1 is 1.67 bits per heavy atom. The fourth-order valence-electron chi connectivity index (χ4n) is 1.58. The number of nitriles is 1. The van der Waals surface area contributed by atoms with E-state index in [1.807, 2.05) is 6.26 Å². The molecule has 0 bridgehead atoms. The maximum atomic E-state index is 9.71. The Kier molecular flexibility index (Phi) is 3.42. The maximum Gasteiger partial charge on any atom is 0.0832 e. The van der Waals surface area contributed by atoms with E-state index in [0.29, 0.717) is 0 Å². The van der Waals surface area contributed by atoms with E-state index < -0.39 is 6.10 Å². The van der Waals surface area contributed by atoms with Crippen LogP contribution >= 0.6 is 11.8 Å². The van der Waals surface area contributed by atoms with Crippen molar-refractivity contribution >= 4 is 11.8 Å². The minimum Gasteiger partial charge on any atom is -0.391 e. The van der Waals surface area contributed by atoms with Gasteiger partial charge in [-0.2, -0.15) is 17.0 Å². The Bertz CT molecular complexity index is 183. The molecule has 0 aromatic carbocycles. The summed E-state index contributed by atoms with van der Waals surface area (Å²) in [5.41, 5.74) is -0.379. The van der Waals surface area contributed by atoms with Crippen molar-refractivity contribution in [3.8, 4) is 6.07 Å². The predicted octanol–water partition coefficient (Wildman–Crippen LogP) is 1.79. The van der Waals surface area contributed by atoms with Crippen molar-refractivity contribution in [1.29, 1.82) is 5.26 Å². The van der Waals surface area contributed by atoms with E-state index in [1.54, 1.807) is 11.8 Å². The molecule has 0 aliphatic heterocycles. The van der Waals surface area contributed by atoms with Gasteiger partial charge in [-0.25, -0.2) is 0 Å². The molecule has 2 nitrogen and oxygen atoms in total. The molecule has 1 rings (SSSR count). The topological polar surface area (TPSA) is 44.0 Å². The molecule has 0 saturated heterocycles. The lowest BCUT2D eigenvalue weighted by Crippen LogP contribution is -2.40. The van der Waals surface area contributed by atoms with Gasteiger partial charge in [0.05, 0.1) is 17.6 Å². The van der Waals surface area contributed by atoms with Crippen molar-refractivity contribution in [2.45, 2.75) is 31.8 Å². The van der Waals surface area contributed by atoms with Gasteiger partial charge in [0.1, 0.15) is 0 Å². The Morgan fingerprint density at radius 2 is 2.33 bits per heavy atom. The summed E-state index contributed by atoms with van der Waals surface area (Å²) in [7, 11) is 0. The molecule has 0 radical (unpaired) electrons. The van der Waals surface area contributed by atoms with Gasteiger partial charge in [0, 0.05) is 0 Å². The van der Waals surface area contributed by atoms with Gasteiger partial charge < -0.3 is 5.11 Å². The quantitative estimate of drug-likeness (QED) is 0.726. The molecule has 12 heavy (non-hydrogen) atoms. The minimum absolute atomic E-state index is 0.379. The molecule has 1 fully saturated rings. The highest BCUT2D eigenvalue weighted by Gasteiger charge is 2.43. The van der Waals surface area contributed by atoms with Gasteiger partial charge in [-0.3, -0.25) is 0 Å². The maximum absolute atomic E-state index is 9.71. The second-order valence-corrected chi connectivity index (χ2v) is 4.40. The highest BCUT2D eigenvalue weighted by molar-refractivity contribution is 7.98. The van der Waals surface area contributed by atoms with Gasteiger partial charge in [0.25, 0.3) is 0 Å². The van der Waals surface area contributed by atoms with Crippen molar-refractivity contribution in [3.05, 3.63) is 0 Å². The van der Waals surface area contributed by atoms with Crippen LogP contribution in [0.4, 0.5) is 0 Å². The summed E-state index contributed by atoms with van der Waals surface area (Å²) in [5.74, 6) is 0.949. The highest BCUT2D eigenvalue weighted by Crippen LogP contribution is 2.44. The second kappa shape index (κ2) is 4.15. The zero-order valence-electron chi connectivity index (χ0n) is 7.42. The standard InChI is InChI=1S/C9H15NOS/c1-12-6-3-8(11)9(7-10)4-2-5-9/h8,11H,2-6H2,1H3. The van der Waals surface area contributed by atoms with Gasteiger partial charge in [0.15, 0.2) is 0 Å². The molecule has 1 unspecified atom stereocenters.